The minimum atomic E-state index is -0.0669. The second kappa shape index (κ2) is 5.07. The zero-order valence-electron chi connectivity index (χ0n) is 12.0. The van der Waals surface area contributed by atoms with Gasteiger partial charge < -0.3 is 0 Å². The molecule has 21 heavy (non-hydrogen) atoms. The van der Waals surface area contributed by atoms with Crippen LogP contribution in [0.1, 0.15) is 11.1 Å². The van der Waals surface area contributed by atoms with Crippen molar-refractivity contribution in [2.24, 2.45) is 7.05 Å². The highest BCUT2D eigenvalue weighted by Gasteiger charge is 2.13. The summed E-state index contributed by atoms with van der Waals surface area (Å²) >= 11 is 3.43. The molecule has 0 aliphatic rings. The summed E-state index contributed by atoms with van der Waals surface area (Å²) in [4.78, 5) is 21.6. The maximum Gasteiger partial charge on any atom is 0.261 e. The summed E-state index contributed by atoms with van der Waals surface area (Å²) < 4.78 is 2.43. The lowest BCUT2D eigenvalue weighted by molar-refractivity contribution is 0.849. The molecule has 3 aromatic rings. The summed E-state index contributed by atoms with van der Waals surface area (Å²) in [6.07, 6.45) is 1.73. The summed E-state index contributed by atoms with van der Waals surface area (Å²) in [5.74, 6) is 0.585. The van der Waals surface area contributed by atoms with Crippen LogP contribution in [0.4, 0.5) is 0 Å². The Morgan fingerprint density at radius 1 is 1.19 bits per heavy atom. The molecule has 0 saturated heterocycles. The van der Waals surface area contributed by atoms with Gasteiger partial charge in [-0.3, -0.25) is 14.3 Å². The highest BCUT2D eigenvalue weighted by molar-refractivity contribution is 9.10. The zero-order chi connectivity index (χ0) is 15.1. The van der Waals surface area contributed by atoms with Gasteiger partial charge in [0.15, 0.2) is 5.82 Å². The number of halogens is 1. The molecule has 0 amide bonds. The predicted octanol–water partition coefficient (Wildman–Crippen LogP) is 3.37. The van der Waals surface area contributed by atoms with E-state index >= 15 is 0 Å². The monoisotopic (exact) mass is 343 g/mol. The third-order valence-electron chi connectivity index (χ3n) is 3.48. The van der Waals surface area contributed by atoms with Gasteiger partial charge in [0.2, 0.25) is 0 Å². The van der Waals surface area contributed by atoms with Crippen molar-refractivity contribution in [2.45, 2.75) is 13.8 Å². The van der Waals surface area contributed by atoms with Gasteiger partial charge in [0.25, 0.3) is 5.56 Å². The fourth-order valence-corrected chi connectivity index (χ4v) is 2.96. The molecule has 5 heteroatoms. The Balaban J connectivity index is 2.41. The van der Waals surface area contributed by atoms with Crippen LogP contribution in [0.2, 0.25) is 0 Å². The number of hydrogen-bond acceptors (Lipinski definition) is 3. The normalized spacial score (nSPS) is 11.0. The van der Waals surface area contributed by atoms with Gasteiger partial charge in [-0.05, 0) is 49.2 Å². The van der Waals surface area contributed by atoms with Crippen molar-refractivity contribution >= 4 is 26.8 Å². The molecule has 2 heterocycles. The van der Waals surface area contributed by atoms with Crippen molar-refractivity contribution < 1.29 is 0 Å². The van der Waals surface area contributed by atoms with Crippen molar-refractivity contribution in [2.75, 3.05) is 0 Å². The number of fused-ring (bicyclic) bond motifs is 1. The van der Waals surface area contributed by atoms with E-state index in [9.17, 15) is 4.79 Å². The standard InChI is InChI=1S/C16H14BrN3O/c1-9-4-5-18-13(6-9)15-19-14-10(2)7-11(17)8-12(14)16(21)20(15)3/h4-8H,1-3H3. The first-order valence-electron chi connectivity index (χ1n) is 6.57. The molecule has 0 radical (unpaired) electrons. The molecule has 0 aliphatic carbocycles. The molecule has 0 N–H and O–H groups in total. The van der Waals surface area contributed by atoms with Crippen LogP contribution in [0.5, 0.6) is 0 Å². The van der Waals surface area contributed by atoms with Crippen LogP contribution >= 0.6 is 15.9 Å². The highest BCUT2D eigenvalue weighted by atomic mass is 79.9. The average molecular weight is 344 g/mol. The Morgan fingerprint density at radius 2 is 1.95 bits per heavy atom. The molecule has 4 nitrogen and oxygen atoms in total. The van der Waals surface area contributed by atoms with Gasteiger partial charge in [-0.1, -0.05) is 15.9 Å². The SMILES string of the molecule is Cc1ccnc(-c2nc3c(C)cc(Br)cc3c(=O)n2C)c1. The number of pyridine rings is 1. The third-order valence-corrected chi connectivity index (χ3v) is 3.94. The topological polar surface area (TPSA) is 47.8 Å². The molecule has 106 valence electrons. The van der Waals surface area contributed by atoms with Crippen LogP contribution in [0.3, 0.4) is 0 Å². The summed E-state index contributed by atoms with van der Waals surface area (Å²) in [7, 11) is 1.73. The molecule has 0 fully saturated rings. The molecule has 2 aromatic heterocycles. The lowest BCUT2D eigenvalue weighted by atomic mass is 10.1. The molecule has 0 atom stereocenters. The molecule has 0 unspecified atom stereocenters. The summed E-state index contributed by atoms with van der Waals surface area (Å²) in [6, 6.07) is 7.63. The highest BCUT2D eigenvalue weighted by Crippen LogP contribution is 2.23. The van der Waals surface area contributed by atoms with E-state index < -0.39 is 0 Å². The summed E-state index contributed by atoms with van der Waals surface area (Å²) in [5, 5.41) is 0.612. The number of nitrogens with zero attached hydrogens (tertiary/aromatic N) is 3. The maximum absolute atomic E-state index is 12.6. The fraction of sp³-hybridized carbons (Fsp3) is 0.188. The van der Waals surface area contributed by atoms with Crippen LogP contribution in [-0.4, -0.2) is 14.5 Å². The molecule has 0 bridgehead atoms. The van der Waals surface area contributed by atoms with Crippen molar-refractivity contribution in [3.63, 3.8) is 0 Å². The van der Waals surface area contributed by atoms with E-state index in [1.54, 1.807) is 17.8 Å². The summed E-state index contributed by atoms with van der Waals surface area (Å²) in [5.41, 5.74) is 3.41. The second-order valence-corrected chi connectivity index (χ2v) is 6.05. The van der Waals surface area contributed by atoms with Gasteiger partial charge in [0, 0.05) is 17.7 Å². The first-order valence-corrected chi connectivity index (χ1v) is 7.36. The van der Waals surface area contributed by atoms with Gasteiger partial charge >= 0.3 is 0 Å². The van der Waals surface area contributed by atoms with Crippen LogP contribution in [0.15, 0.2) is 39.7 Å². The molecule has 0 spiro atoms. The van der Waals surface area contributed by atoms with Gasteiger partial charge in [-0.25, -0.2) is 4.98 Å². The van der Waals surface area contributed by atoms with Crippen molar-refractivity contribution in [1.29, 1.82) is 0 Å². The predicted molar refractivity (Wildman–Crippen MR) is 87.4 cm³/mol. The van der Waals surface area contributed by atoms with Crippen LogP contribution in [-0.2, 0) is 7.05 Å². The molecule has 0 saturated carbocycles. The van der Waals surface area contributed by atoms with Gasteiger partial charge in [-0.15, -0.1) is 0 Å². The van der Waals surface area contributed by atoms with E-state index in [0.29, 0.717) is 16.9 Å². The third kappa shape index (κ3) is 2.38. The number of aromatic nitrogens is 3. The van der Waals surface area contributed by atoms with Crippen molar-refractivity contribution in [3.05, 3.63) is 56.4 Å². The van der Waals surface area contributed by atoms with E-state index in [1.165, 1.54) is 0 Å². The fourth-order valence-electron chi connectivity index (χ4n) is 2.39. The Morgan fingerprint density at radius 3 is 2.67 bits per heavy atom. The molecular weight excluding hydrogens is 330 g/mol. The van der Waals surface area contributed by atoms with E-state index in [-0.39, 0.29) is 5.56 Å². The van der Waals surface area contributed by atoms with Gasteiger partial charge in [0.1, 0.15) is 5.69 Å². The smallest absolute Gasteiger partial charge is 0.261 e. The minimum Gasteiger partial charge on any atom is -0.294 e. The van der Waals surface area contributed by atoms with E-state index in [2.05, 4.69) is 25.9 Å². The first kappa shape index (κ1) is 13.9. The quantitative estimate of drug-likeness (QED) is 0.680. The van der Waals surface area contributed by atoms with E-state index in [0.717, 1.165) is 21.1 Å². The first-order chi connectivity index (χ1) is 9.97. The second-order valence-electron chi connectivity index (χ2n) is 5.14. The average Bonchev–Trinajstić information content (AvgIpc) is 2.43. The Bertz CT molecular complexity index is 915. The molecule has 3 rings (SSSR count). The lowest BCUT2D eigenvalue weighted by Gasteiger charge is -2.10. The number of hydrogen-bond donors (Lipinski definition) is 0. The number of benzene rings is 1. The van der Waals surface area contributed by atoms with E-state index in [4.69, 9.17) is 0 Å². The van der Waals surface area contributed by atoms with Crippen LogP contribution in [0, 0.1) is 13.8 Å². The summed E-state index contributed by atoms with van der Waals surface area (Å²) in [6.45, 7) is 3.94. The van der Waals surface area contributed by atoms with Gasteiger partial charge in [-0.2, -0.15) is 0 Å². The maximum atomic E-state index is 12.6. The Labute approximate surface area is 130 Å². The molecular formula is C16H14BrN3O. The molecule has 1 aromatic carbocycles. The van der Waals surface area contributed by atoms with Crippen molar-refractivity contribution in [1.82, 2.24) is 14.5 Å². The van der Waals surface area contributed by atoms with Crippen molar-refractivity contribution in [3.8, 4) is 11.5 Å². The van der Waals surface area contributed by atoms with Crippen LogP contribution in [0.25, 0.3) is 22.4 Å². The number of aryl methyl sites for hydroxylation is 2. The largest absolute Gasteiger partial charge is 0.294 e. The number of rotatable bonds is 1. The van der Waals surface area contributed by atoms with Gasteiger partial charge in [0.05, 0.1) is 10.9 Å². The van der Waals surface area contributed by atoms with Crippen LogP contribution < -0.4 is 5.56 Å². The lowest BCUT2D eigenvalue weighted by Crippen LogP contribution is -2.21. The minimum absolute atomic E-state index is 0.0669. The zero-order valence-corrected chi connectivity index (χ0v) is 13.6. The Kier molecular flexibility index (Phi) is 3.37. The van der Waals surface area contributed by atoms with E-state index in [1.807, 2.05) is 38.1 Å². The Hall–Kier alpha value is -2.01. The molecule has 0 aliphatic heterocycles.